The molecule has 0 radical (unpaired) electrons. The Bertz CT molecular complexity index is 1070. The largest absolute Gasteiger partial charge is 0.309 e. The lowest BCUT2D eigenvalue weighted by atomic mass is 10.1. The van der Waals surface area contributed by atoms with Crippen LogP contribution in [0.25, 0.3) is 0 Å². The van der Waals surface area contributed by atoms with Gasteiger partial charge in [-0.15, -0.1) is 10.2 Å². The number of aromatic nitrogens is 3. The van der Waals surface area contributed by atoms with Crippen molar-refractivity contribution in [1.29, 1.82) is 0 Å². The van der Waals surface area contributed by atoms with E-state index in [1.54, 1.807) is 0 Å². The number of hydrogen-bond acceptors (Lipinski definition) is 7. The number of hydrazine groups is 1. The van der Waals surface area contributed by atoms with Gasteiger partial charge in [-0.1, -0.05) is 48.2 Å². The highest BCUT2D eigenvalue weighted by Crippen LogP contribution is 2.17. The van der Waals surface area contributed by atoms with Gasteiger partial charge in [-0.2, -0.15) is 0 Å². The average molecular weight is 426 g/mol. The smallest absolute Gasteiger partial charge is 0.270 e. The summed E-state index contributed by atoms with van der Waals surface area (Å²) >= 11 is 1.18. The number of benzene rings is 2. The van der Waals surface area contributed by atoms with E-state index in [4.69, 9.17) is 0 Å². The van der Waals surface area contributed by atoms with Gasteiger partial charge in [0.25, 0.3) is 11.6 Å². The van der Waals surface area contributed by atoms with Gasteiger partial charge < -0.3 is 4.57 Å². The van der Waals surface area contributed by atoms with Crippen LogP contribution in [0.1, 0.15) is 21.7 Å². The molecule has 3 rings (SSSR count). The fourth-order valence-electron chi connectivity index (χ4n) is 2.53. The summed E-state index contributed by atoms with van der Waals surface area (Å²) in [5, 5.41) is 19.6. The van der Waals surface area contributed by atoms with E-state index in [1.807, 2.05) is 41.9 Å². The third-order valence-electron chi connectivity index (χ3n) is 4.10. The van der Waals surface area contributed by atoms with Crippen molar-refractivity contribution in [1.82, 2.24) is 25.6 Å². The summed E-state index contributed by atoms with van der Waals surface area (Å²) in [6.07, 6.45) is 0.621. The van der Waals surface area contributed by atoms with Crippen molar-refractivity contribution >= 4 is 29.3 Å². The number of nitrogens with one attached hydrogen (secondary N) is 2. The van der Waals surface area contributed by atoms with Crippen LogP contribution in [0, 0.1) is 10.1 Å². The first-order chi connectivity index (χ1) is 14.4. The molecule has 10 nitrogen and oxygen atoms in total. The maximum atomic E-state index is 12.0. The first-order valence-corrected chi connectivity index (χ1v) is 9.81. The molecular weight excluding hydrogens is 408 g/mol. The van der Waals surface area contributed by atoms with E-state index in [0.29, 0.717) is 11.6 Å². The zero-order valence-electron chi connectivity index (χ0n) is 15.9. The minimum Gasteiger partial charge on any atom is -0.309 e. The number of carbonyl (C=O) groups is 2. The molecule has 0 bridgehead atoms. The summed E-state index contributed by atoms with van der Waals surface area (Å²) in [5.74, 6) is -0.331. The lowest BCUT2D eigenvalue weighted by Gasteiger charge is -2.07. The second-order valence-electron chi connectivity index (χ2n) is 6.22. The molecule has 30 heavy (non-hydrogen) atoms. The molecule has 0 fully saturated rings. The highest BCUT2D eigenvalue weighted by Gasteiger charge is 2.14. The van der Waals surface area contributed by atoms with E-state index in [2.05, 4.69) is 21.0 Å². The summed E-state index contributed by atoms with van der Waals surface area (Å²) in [6, 6.07) is 15.1. The number of thioether (sulfide) groups is 1. The molecule has 0 atom stereocenters. The minimum atomic E-state index is -0.652. The Morgan fingerprint density at radius 2 is 1.87 bits per heavy atom. The first-order valence-electron chi connectivity index (χ1n) is 8.82. The second kappa shape index (κ2) is 9.65. The van der Waals surface area contributed by atoms with Gasteiger partial charge in [0.2, 0.25) is 5.91 Å². The fourth-order valence-corrected chi connectivity index (χ4v) is 3.26. The van der Waals surface area contributed by atoms with Crippen molar-refractivity contribution in [2.75, 3.05) is 5.75 Å². The van der Waals surface area contributed by atoms with Gasteiger partial charge in [0, 0.05) is 31.2 Å². The van der Waals surface area contributed by atoms with Gasteiger partial charge in [-0.05, 0) is 11.6 Å². The molecule has 0 aliphatic carbocycles. The van der Waals surface area contributed by atoms with Crippen LogP contribution in [0.4, 0.5) is 5.69 Å². The van der Waals surface area contributed by atoms with Gasteiger partial charge >= 0.3 is 0 Å². The number of nitrogens with zero attached hydrogens (tertiary/aromatic N) is 4. The van der Waals surface area contributed by atoms with E-state index in [-0.39, 0.29) is 17.0 Å². The summed E-state index contributed by atoms with van der Waals surface area (Å²) in [5.41, 5.74) is 5.47. The second-order valence-corrected chi connectivity index (χ2v) is 7.16. The molecule has 3 aromatic rings. The number of amides is 2. The Morgan fingerprint density at radius 3 is 2.60 bits per heavy atom. The number of hydrogen-bond donors (Lipinski definition) is 2. The molecule has 0 saturated carbocycles. The van der Waals surface area contributed by atoms with E-state index in [9.17, 15) is 19.7 Å². The van der Waals surface area contributed by atoms with Crippen LogP contribution in [0.15, 0.2) is 59.8 Å². The Kier molecular flexibility index (Phi) is 6.75. The lowest BCUT2D eigenvalue weighted by molar-refractivity contribution is -0.384. The van der Waals surface area contributed by atoms with Crippen LogP contribution in [0.5, 0.6) is 0 Å². The van der Waals surface area contributed by atoms with Gasteiger partial charge in [0.15, 0.2) is 5.16 Å². The predicted octanol–water partition coefficient (Wildman–Crippen LogP) is 1.87. The Balaban J connectivity index is 1.50. The normalized spacial score (nSPS) is 10.4. The quantitative estimate of drug-likeness (QED) is 0.335. The van der Waals surface area contributed by atoms with Crippen molar-refractivity contribution in [3.63, 3.8) is 0 Å². The summed E-state index contributed by atoms with van der Waals surface area (Å²) in [7, 11) is 1.82. The van der Waals surface area contributed by atoms with Crippen molar-refractivity contribution < 1.29 is 14.5 Å². The summed E-state index contributed by atoms with van der Waals surface area (Å²) in [4.78, 5) is 34.3. The molecule has 0 aliphatic heterocycles. The average Bonchev–Trinajstić information content (AvgIpc) is 3.10. The summed E-state index contributed by atoms with van der Waals surface area (Å²) < 4.78 is 1.81. The van der Waals surface area contributed by atoms with E-state index in [0.717, 1.165) is 17.5 Å². The highest BCUT2D eigenvalue weighted by atomic mass is 32.2. The molecule has 0 aliphatic rings. The Hall–Kier alpha value is -3.73. The Morgan fingerprint density at radius 1 is 1.10 bits per heavy atom. The van der Waals surface area contributed by atoms with Gasteiger partial charge in [0.05, 0.1) is 10.7 Å². The van der Waals surface area contributed by atoms with Crippen LogP contribution >= 0.6 is 11.8 Å². The first kappa shape index (κ1) is 21.0. The number of non-ortho nitro benzene ring substituents is 1. The van der Waals surface area contributed by atoms with Crippen LogP contribution in [0.3, 0.4) is 0 Å². The predicted molar refractivity (Wildman–Crippen MR) is 110 cm³/mol. The number of nitro benzene ring substituents is 1. The maximum Gasteiger partial charge on any atom is 0.270 e. The van der Waals surface area contributed by atoms with Crippen molar-refractivity contribution in [2.24, 2.45) is 7.05 Å². The molecule has 0 unspecified atom stereocenters. The third-order valence-corrected chi connectivity index (χ3v) is 5.12. The molecule has 0 saturated heterocycles. The Labute approximate surface area is 175 Å². The number of carbonyl (C=O) groups excluding carboxylic acids is 2. The molecule has 1 heterocycles. The third kappa shape index (κ3) is 5.41. The van der Waals surface area contributed by atoms with Crippen LogP contribution in [0.2, 0.25) is 0 Å². The highest BCUT2D eigenvalue weighted by molar-refractivity contribution is 7.99. The lowest BCUT2D eigenvalue weighted by Crippen LogP contribution is -2.42. The fraction of sp³-hybridized carbons (Fsp3) is 0.158. The monoisotopic (exact) mass is 426 g/mol. The molecule has 2 N–H and O–H groups in total. The van der Waals surface area contributed by atoms with Gasteiger partial charge in [-0.3, -0.25) is 30.6 Å². The zero-order chi connectivity index (χ0) is 21.5. The molecule has 0 spiro atoms. The van der Waals surface area contributed by atoms with Crippen molar-refractivity contribution in [3.8, 4) is 0 Å². The van der Waals surface area contributed by atoms with E-state index in [1.165, 1.54) is 30.0 Å². The minimum absolute atomic E-state index is 0.00648. The van der Waals surface area contributed by atoms with Crippen LogP contribution in [-0.4, -0.2) is 37.3 Å². The molecular formula is C19H18N6O4S. The number of nitro groups is 1. The molecule has 2 amide bonds. The standard InChI is InChI=1S/C19H18N6O4S/c1-24-16(10-13-6-3-2-4-7-13)20-23-19(24)30-12-17(26)21-22-18(27)14-8-5-9-15(11-14)25(28)29/h2-9,11H,10,12H2,1H3,(H,21,26)(H,22,27). The van der Waals surface area contributed by atoms with Crippen LogP contribution < -0.4 is 10.9 Å². The summed E-state index contributed by atoms with van der Waals surface area (Å²) in [6.45, 7) is 0. The van der Waals surface area contributed by atoms with Gasteiger partial charge in [-0.25, -0.2) is 0 Å². The maximum absolute atomic E-state index is 12.0. The van der Waals surface area contributed by atoms with Crippen molar-refractivity contribution in [2.45, 2.75) is 11.6 Å². The van der Waals surface area contributed by atoms with E-state index >= 15 is 0 Å². The molecule has 1 aromatic heterocycles. The van der Waals surface area contributed by atoms with Crippen LogP contribution in [-0.2, 0) is 18.3 Å². The van der Waals surface area contributed by atoms with Gasteiger partial charge in [0.1, 0.15) is 5.82 Å². The zero-order valence-corrected chi connectivity index (χ0v) is 16.8. The molecule has 2 aromatic carbocycles. The van der Waals surface area contributed by atoms with E-state index < -0.39 is 16.7 Å². The van der Waals surface area contributed by atoms with Crippen molar-refractivity contribution in [3.05, 3.63) is 81.7 Å². The molecule has 154 valence electrons. The number of rotatable bonds is 7. The molecule has 11 heteroatoms. The topological polar surface area (TPSA) is 132 Å². The SMILES string of the molecule is Cn1c(Cc2ccccc2)nnc1SCC(=O)NNC(=O)c1cccc([N+](=O)[O-])c1.